The predicted octanol–water partition coefficient (Wildman–Crippen LogP) is 2.33. The van der Waals surface area contributed by atoms with Crippen LogP contribution in [-0.2, 0) is 11.8 Å². The Hall–Kier alpha value is -1.58. The lowest BCUT2D eigenvalue weighted by atomic mass is 9.93. The van der Waals surface area contributed by atoms with E-state index < -0.39 is 0 Å². The van der Waals surface area contributed by atoms with Crippen LogP contribution in [0.3, 0.4) is 0 Å². The first-order valence-electron chi connectivity index (χ1n) is 6.05. The first-order chi connectivity index (χ1) is 8.09. The van der Waals surface area contributed by atoms with Gasteiger partial charge >= 0.3 is 0 Å². The molecule has 1 aliphatic rings. The fraction of sp³-hybridized carbons (Fsp3) is 0.538. The minimum Gasteiger partial charge on any atom is -0.323 e. The molecule has 0 aromatic carbocycles. The highest BCUT2D eigenvalue weighted by molar-refractivity contribution is 5.93. The molecule has 0 fully saturated rings. The van der Waals surface area contributed by atoms with Crippen molar-refractivity contribution >= 4 is 11.6 Å². The largest absolute Gasteiger partial charge is 0.323 e. The number of hydrogen-bond acceptors (Lipinski definition) is 2. The van der Waals surface area contributed by atoms with Crippen molar-refractivity contribution in [3.8, 4) is 0 Å². The Bertz CT molecular complexity index is 459. The van der Waals surface area contributed by atoms with Gasteiger partial charge in [0.25, 0.3) is 0 Å². The molecule has 0 saturated carbocycles. The summed E-state index contributed by atoms with van der Waals surface area (Å²) >= 11 is 0. The highest BCUT2D eigenvalue weighted by atomic mass is 16.1. The Labute approximate surface area is 102 Å². The van der Waals surface area contributed by atoms with E-state index in [-0.39, 0.29) is 11.8 Å². The molecule has 1 N–H and O–H groups in total. The van der Waals surface area contributed by atoms with Gasteiger partial charge in [0.05, 0.1) is 17.1 Å². The molecule has 1 aromatic rings. The summed E-state index contributed by atoms with van der Waals surface area (Å²) in [7, 11) is 1.89. The highest BCUT2D eigenvalue weighted by Crippen LogP contribution is 2.23. The molecule has 0 radical (unpaired) electrons. The average molecular weight is 233 g/mol. The standard InChI is InChI=1S/C13H19N3O/c1-9-12(10(2)16(3)15-9)14-13(17)11-7-5-4-6-8-11/h4-5,11H,6-8H2,1-3H3,(H,14,17). The van der Waals surface area contributed by atoms with Crippen molar-refractivity contribution < 1.29 is 4.79 Å². The third kappa shape index (κ3) is 2.40. The summed E-state index contributed by atoms with van der Waals surface area (Å²) in [5, 5.41) is 7.31. The van der Waals surface area contributed by atoms with Gasteiger partial charge in [0.1, 0.15) is 0 Å². The maximum Gasteiger partial charge on any atom is 0.227 e. The highest BCUT2D eigenvalue weighted by Gasteiger charge is 2.21. The Morgan fingerprint density at radius 2 is 2.24 bits per heavy atom. The van der Waals surface area contributed by atoms with Gasteiger partial charge in [-0.25, -0.2) is 0 Å². The van der Waals surface area contributed by atoms with Gasteiger partial charge in [0.15, 0.2) is 0 Å². The molecule has 1 aromatic heterocycles. The van der Waals surface area contributed by atoms with Crippen LogP contribution in [0.5, 0.6) is 0 Å². The van der Waals surface area contributed by atoms with Crippen LogP contribution in [0.2, 0.25) is 0 Å². The molecule has 1 aliphatic carbocycles. The number of carbonyl (C=O) groups excluding carboxylic acids is 1. The second kappa shape index (κ2) is 4.73. The van der Waals surface area contributed by atoms with E-state index in [9.17, 15) is 4.79 Å². The summed E-state index contributed by atoms with van der Waals surface area (Å²) in [5.41, 5.74) is 2.75. The zero-order valence-corrected chi connectivity index (χ0v) is 10.7. The first kappa shape index (κ1) is 11.9. The third-order valence-electron chi connectivity index (χ3n) is 3.40. The number of amides is 1. The maximum atomic E-state index is 12.1. The normalized spacial score (nSPS) is 19.4. The Kier molecular flexibility index (Phi) is 3.31. The number of aromatic nitrogens is 2. The molecule has 1 atom stereocenters. The molecule has 0 bridgehead atoms. The van der Waals surface area contributed by atoms with Crippen LogP contribution in [-0.4, -0.2) is 15.7 Å². The summed E-state index contributed by atoms with van der Waals surface area (Å²) in [5.74, 6) is 0.229. The number of nitrogens with zero attached hydrogens (tertiary/aromatic N) is 2. The van der Waals surface area contributed by atoms with Crippen molar-refractivity contribution in [2.24, 2.45) is 13.0 Å². The van der Waals surface area contributed by atoms with Gasteiger partial charge in [-0.05, 0) is 33.1 Å². The fourth-order valence-corrected chi connectivity index (χ4v) is 2.21. The van der Waals surface area contributed by atoms with E-state index in [2.05, 4.69) is 22.6 Å². The molecule has 0 spiro atoms. The molecular weight excluding hydrogens is 214 g/mol. The van der Waals surface area contributed by atoms with E-state index in [0.717, 1.165) is 36.3 Å². The van der Waals surface area contributed by atoms with Gasteiger partial charge in [-0.3, -0.25) is 9.48 Å². The molecule has 4 heteroatoms. The minimum atomic E-state index is 0.110. The van der Waals surface area contributed by atoms with E-state index in [1.807, 2.05) is 20.9 Å². The SMILES string of the molecule is Cc1nn(C)c(C)c1NC(=O)C1CC=CCC1. The maximum absolute atomic E-state index is 12.1. The van der Waals surface area contributed by atoms with Crippen molar-refractivity contribution in [2.75, 3.05) is 5.32 Å². The number of allylic oxidation sites excluding steroid dienone is 2. The Morgan fingerprint density at radius 1 is 1.47 bits per heavy atom. The number of carbonyl (C=O) groups is 1. The molecule has 0 saturated heterocycles. The van der Waals surface area contributed by atoms with Gasteiger partial charge in [-0.2, -0.15) is 5.10 Å². The minimum absolute atomic E-state index is 0.110. The van der Waals surface area contributed by atoms with E-state index in [1.165, 1.54) is 0 Å². The molecule has 2 rings (SSSR count). The first-order valence-corrected chi connectivity index (χ1v) is 6.05. The van der Waals surface area contributed by atoms with E-state index in [0.29, 0.717) is 0 Å². The number of aryl methyl sites for hydroxylation is 2. The molecule has 92 valence electrons. The van der Waals surface area contributed by atoms with Gasteiger partial charge in [0.2, 0.25) is 5.91 Å². The van der Waals surface area contributed by atoms with Gasteiger partial charge in [-0.15, -0.1) is 0 Å². The van der Waals surface area contributed by atoms with Gasteiger partial charge in [0, 0.05) is 13.0 Å². The molecule has 17 heavy (non-hydrogen) atoms. The number of anilines is 1. The van der Waals surface area contributed by atoms with Crippen molar-refractivity contribution in [3.63, 3.8) is 0 Å². The molecule has 1 amide bonds. The van der Waals surface area contributed by atoms with Crippen LogP contribution in [0, 0.1) is 19.8 Å². The summed E-state index contributed by atoms with van der Waals surface area (Å²) in [6.07, 6.45) is 7.04. The predicted molar refractivity (Wildman–Crippen MR) is 67.8 cm³/mol. The summed E-state index contributed by atoms with van der Waals surface area (Å²) in [4.78, 5) is 12.1. The van der Waals surface area contributed by atoms with E-state index in [1.54, 1.807) is 4.68 Å². The van der Waals surface area contributed by atoms with Crippen LogP contribution in [0.1, 0.15) is 30.7 Å². The van der Waals surface area contributed by atoms with Gasteiger partial charge in [-0.1, -0.05) is 12.2 Å². The number of hydrogen-bond donors (Lipinski definition) is 1. The summed E-state index contributed by atoms with van der Waals surface area (Å²) in [6.45, 7) is 3.89. The van der Waals surface area contributed by atoms with Crippen molar-refractivity contribution in [3.05, 3.63) is 23.5 Å². The zero-order chi connectivity index (χ0) is 12.4. The second-order valence-electron chi connectivity index (χ2n) is 4.64. The lowest BCUT2D eigenvalue weighted by Gasteiger charge is -2.17. The molecule has 1 unspecified atom stereocenters. The summed E-state index contributed by atoms with van der Waals surface area (Å²) in [6, 6.07) is 0. The number of rotatable bonds is 2. The smallest absolute Gasteiger partial charge is 0.227 e. The molecular formula is C13H19N3O. The third-order valence-corrected chi connectivity index (χ3v) is 3.40. The van der Waals surface area contributed by atoms with E-state index >= 15 is 0 Å². The van der Waals surface area contributed by atoms with Crippen molar-refractivity contribution in [1.29, 1.82) is 0 Å². The molecule has 4 nitrogen and oxygen atoms in total. The van der Waals surface area contributed by atoms with Crippen LogP contribution in [0.15, 0.2) is 12.2 Å². The second-order valence-corrected chi connectivity index (χ2v) is 4.64. The Morgan fingerprint density at radius 3 is 2.76 bits per heavy atom. The monoisotopic (exact) mass is 233 g/mol. The average Bonchev–Trinajstić information content (AvgIpc) is 2.57. The lowest BCUT2D eigenvalue weighted by Crippen LogP contribution is -2.24. The van der Waals surface area contributed by atoms with Crippen LogP contribution < -0.4 is 5.32 Å². The van der Waals surface area contributed by atoms with Crippen LogP contribution in [0.25, 0.3) is 0 Å². The Balaban J connectivity index is 2.10. The summed E-state index contributed by atoms with van der Waals surface area (Å²) < 4.78 is 1.80. The molecule has 1 heterocycles. The van der Waals surface area contributed by atoms with Crippen molar-refractivity contribution in [1.82, 2.24) is 9.78 Å². The number of nitrogens with one attached hydrogen (secondary N) is 1. The van der Waals surface area contributed by atoms with Crippen LogP contribution >= 0.6 is 0 Å². The zero-order valence-electron chi connectivity index (χ0n) is 10.7. The quantitative estimate of drug-likeness (QED) is 0.797. The van der Waals surface area contributed by atoms with Gasteiger partial charge < -0.3 is 5.32 Å². The topological polar surface area (TPSA) is 46.9 Å². The van der Waals surface area contributed by atoms with Crippen LogP contribution in [0.4, 0.5) is 5.69 Å². The van der Waals surface area contributed by atoms with E-state index in [4.69, 9.17) is 0 Å². The molecule has 0 aliphatic heterocycles. The van der Waals surface area contributed by atoms with Crippen molar-refractivity contribution in [2.45, 2.75) is 33.1 Å². The fourth-order valence-electron chi connectivity index (χ4n) is 2.21. The lowest BCUT2D eigenvalue weighted by molar-refractivity contribution is -0.120.